The first-order chi connectivity index (χ1) is 15.6. The van der Waals surface area contributed by atoms with E-state index in [0.717, 1.165) is 46.0 Å². The Bertz CT molecular complexity index is 1230. The van der Waals surface area contributed by atoms with Crippen molar-refractivity contribution in [3.8, 4) is 16.9 Å². The summed E-state index contributed by atoms with van der Waals surface area (Å²) in [5.74, 6) is 1.63. The monoisotopic (exact) mass is 431 g/mol. The van der Waals surface area contributed by atoms with E-state index in [2.05, 4.69) is 38.5 Å². The SMILES string of the molecule is CCC(=O)Nc1ccc(-c2cc(N3CCOC[C@H]3C)nc3c2cnn3-c2ccn[nH]2)cc1. The number of carbonyl (C=O) groups is 1. The Morgan fingerprint density at radius 1 is 1.28 bits per heavy atom. The Hall–Kier alpha value is -3.72. The number of amides is 1. The van der Waals surface area contributed by atoms with Crippen LogP contribution in [0.25, 0.3) is 28.0 Å². The minimum absolute atomic E-state index is 0.00604. The number of ether oxygens (including phenoxy) is 1. The summed E-state index contributed by atoms with van der Waals surface area (Å²) in [6, 6.07) is 12.1. The number of fused-ring (bicyclic) bond motifs is 1. The summed E-state index contributed by atoms with van der Waals surface area (Å²) in [6.45, 7) is 6.09. The molecule has 164 valence electrons. The zero-order valence-electron chi connectivity index (χ0n) is 18.1. The van der Waals surface area contributed by atoms with Crippen molar-refractivity contribution in [3.05, 3.63) is 48.8 Å². The van der Waals surface area contributed by atoms with E-state index in [-0.39, 0.29) is 11.9 Å². The van der Waals surface area contributed by atoms with Crippen LogP contribution in [0.5, 0.6) is 0 Å². The molecular weight excluding hydrogens is 406 g/mol. The van der Waals surface area contributed by atoms with Gasteiger partial charge in [-0.1, -0.05) is 19.1 Å². The van der Waals surface area contributed by atoms with Crippen LogP contribution < -0.4 is 10.2 Å². The molecule has 4 aromatic rings. The third-order valence-electron chi connectivity index (χ3n) is 5.70. The molecule has 1 aliphatic heterocycles. The van der Waals surface area contributed by atoms with Crippen molar-refractivity contribution in [2.45, 2.75) is 26.3 Å². The molecule has 0 unspecified atom stereocenters. The van der Waals surface area contributed by atoms with E-state index in [1.165, 1.54) is 0 Å². The van der Waals surface area contributed by atoms with Gasteiger partial charge in [-0.05, 0) is 36.2 Å². The van der Waals surface area contributed by atoms with Gasteiger partial charge in [0, 0.05) is 30.1 Å². The van der Waals surface area contributed by atoms with E-state index in [1.54, 1.807) is 10.9 Å². The van der Waals surface area contributed by atoms with Crippen LogP contribution in [-0.4, -0.2) is 56.7 Å². The van der Waals surface area contributed by atoms with Gasteiger partial charge in [-0.3, -0.25) is 9.89 Å². The Morgan fingerprint density at radius 2 is 2.12 bits per heavy atom. The van der Waals surface area contributed by atoms with Gasteiger partial charge < -0.3 is 15.0 Å². The van der Waals surface area contributed by atoms with Crippen LogP contribution in [0.1, 0.15) is 20.3 Å². The largest absolute Gasteiger partial charge is 0.377 e. The molecule has 1 saturated heterocycles. The molecule has 1 aliphatic rings. The topological polar surface area (TPSA) is 101 Å². The first-order valence-corrected chi connectivity index (χ1v) is 10.8. The van der Waals surface area contributed by atoms with Crippen molar-refractivity contribution in [1.82, 2.24) is 25.0 Å². The molecule has 0 radical (unpaired) electrons. The van der Waals surface area contributed by atoms with Gasteiger partial charge in [0.2, 0.25) is 5.91 Å². The Labute approximate surface area is 185 Å². The van der Waals surface area contributed by atoms with Crippen LogP contribution in [0.3, 0.4) is 0 Å². The van der Waals surface area contributed by atoms with E-state index in [0.29, 0.717) is 19.6 Å². The van der Waals surface area contributed by atoms with Crippen LogP contribution in [-0.2, 0) is 9.53 Å². The van der Waals surface area contributed by atoms with E-state index >= 15 is 0 Å². The minimum Gasteiger partial charge on any atom is -0.377 e. The molecule has 1 atom stereocenters. The number of nitrogens with zero attached hydrogens (tertiary/aromatic N) is 5. The van der Waals surface area contributed by atoms with Crippen molar-refractivity contribution < 1.29 is 9.53 Å². The van der Waals surface area contributed by atoms with Crippen LogP contribution in [0, 0.1) is 0 Å². The molecule has 0 saturated carbocycles. The van der Waals surface area contributed by atoms with Gasteiger partial charge in [0.25, 0.3) is 0 Å². The van der Waals surface area contributed by atoms with Crippen molar-refractivity contribution in [3.63, 3.8) is 0 Å². The number of rotatable bonds is 5. The molecule has 32 heavy (non-hydrogen) atoms. The molecule has 4 heterocycles. The fourth-order valence-corrected chi connectivity index (χ4v) is 3.97. The molecular formula is C23H25N7O2. The molecule has 1 aromatic carbocycles. The van der Waals surface area contributed by atoms with E-state index in [1.807, 2.05) is 43.5 Å². The van der Waals surface area contributed by atoms with Gasteiger partial charge in [-0.2, -0.15) is 14.9 Å². The highest BCUT2D eigenvalue weighted by atomic mass is 16.5. The predicted octanol–water partition coefficient (Wildman–Crippen LogP) is 3.38. The molecule has 1 amide bonds. The predicted molar refractivity (Wildman–Crippen MR) is 123 cm³/mol. The Morgan fingerprint density at radius 3 is 2.84 bits per heavy atom. The highest BCUT2D eigenvalue weighted by Crippen LogP contribution is 2.33. The average Bonchev–Trinajstić information content (AvgIpc) is 3.49. The van der Waals surface area contributed by atoms with E-state index in [4.69, 9.17) is 9.72 Å². The second kappa shape index (κ2) is 8.43. The number of morpholine rings is 1. The number of pyridine rings is 1. The lowest BCUT2D eigenvalue weighted by Gasteiger charge is -2.34. The fourth-order valence-electron chi connectivity index (χ4n) is 3.97. The van der Waals surface area contributed by atoms with Gasteiger partial charge in [-0.15, -0.1) is 0 Å². The summed E-state index contributed by atoms with van der Waals surface area (Å²) >= 11 is 0. The maximum absolute atomic E-state index is 11.7. The molecule has 1 fully saturated rings. The molecule has 2 N–H and O–H groups in total. The number of carbonyl (C=O) groups excluding carboxylic acids is 1. The van der Waals surface area contributed by atoms with Crippen LogP contribution >= 0.6 is 0 Å². The summed E-state index contributed by atoms with van der Waals surface area (Å²) in [4.78, 5) is 19.0. The quantitative estimate of drug-likeness (QED) is 0.502. The van der Waals surface area contributed by atoms with Crippen molar-refractivity contribution in [1.29, 1.82) is 0 Å². The summed E-state index contributed by atoms with van der Waals surface area (Å²) < 4.78 is 7.40. The molecule has 5 rings (SSSR count). The van der Waals surface area contributed by atoms with Gasteiger partial charge >= 0.3 is 0 Å². The number of aromatic nitrogens is 5. The second-order valence-corrected chi connectivity index (χ2v) is 7.86. The van der Waals surface area contributed by atoms with Crippen molar-refractivity contribution in [2.75, 3.05) is 30.0 Å². The van der Waals surface area contributed by atoms with Crippen LogP contribution in [0.2, 0.25) is 0 Å². The average molecular weight is 432 g/mol. The summed E-state index contributed by atoms with van der Waals surface area (Å²) in [6.07, 6.45) is 3.97. The smallest absolute Gasteiger partial charge is 0.224 e. The first-order valence-electron chi connectivity index (χ1n) is 10.8. The summed E-state index contributed by atoms with van der Waals surface area (Å²) in [7, 11) is 0. The highest BCUT2D eigenvalue weighted by Gasteiger charge is 2.23. The van der Waals surface area contributed by atoms with Gasteiger partial charge in [0.1, 0.15) is 5.82 Å². The maximum Gasteiger partial charge on any atom is 0.224 e. The molecule has 0 spiro atoms. The third-order valence-corrected chi connectivity index (χ3v) is 5.70. The number of anilines is 2. The highest BCUT2D eigenvalue weighted by molar-refractivity contribution is 5.96. The number of nitrogens with one attached hydrogen (secondary N) is 2. The number of hydrogen-bond donors (Lipinski definition) is 2. The lowest BCUT2D eigenvalue weighted by molar-refractivity contribution is -0.115. The summed E-state index contributed by atoms with van der Waals surface area (Å²) in [5.41, 5.74) is 3.59. The van der Waals surface area contributed by atoms with Crippen LogP contribution in [0.15, 0.2) is 48.8 Å². The Balaban J connectivity index is 1.63. The first kappa shape index (κ1) is 20.2. The van der Waals surface area contributed by atoms with E-state index < -0.39 is 0 Å². The standard InChI is InChI=1S/C23H25N7O2/c1-3-22(31)26-17-6-4-16(5-7-17)18-12-21(29-10-11-32-14-15(29)2)27-23-19(18)13-25-30(23)20-8-9-24-28-20/h4-9,12-13,15H,3,10-11,14H2,1-2H3,(H,24,28)(H,26,31)/t15-/m1/s1. The number of hydrogen-bond acceptors (Lipinski definition) is 6. The third kappa shape index (κ3) is 3.71. The van der Waals surface area contributed by atoms with Gasteiger partial charge in [0.05, 0.1) is 31.6 Å². The van der Waals surface area contributed by atoms with E-state index in [9.17, 15) is 4.79 Å². The summed E-state index contributed by atoms with van der Waals surface area (Å²) in [5, 5.41) is 15.4. The lowest BCUT2D eigenvalue weighted by Crippen LogP contribution is -2.44. The van der Waals surface area contributed by atoms with Gasteiger partial charge in [0.15, 0.2) is 11.5 Å². The number of aromatic amines is 1. The fraction of sp³-hybridized carbons (Fsp3) is 0.304. The molecule has 0 bridgehead atoms. The number of benzene rings is 1. The van der Waals surface area contributed by atoms with Crippen molar-refractivity contribution in [2.24, 2.45) is 0 Å². The minimum atomic E-state index is -0.00604. The zero-order chi connectivity index (χ0) is 22.1. The van der Waals surface area contributed by atoms with Gasteiger partial charge in [-0.25, -0.2) is 4.98 Å². The molecule has 3 aromatic heterocycles. The Kier molecular flexibility index (Phi) is 5.32. The lowest BCUT2D eigenvalue weighted by atomic mass is 10.0. The molecule has 0 aliphatic carbocycles. The normalized spacial score (nSPS) is 16.4. The van der Waals surface area contributed by atoms with Crippen molar-refractivity contribution >= 4 is 28.4 Å². The maximum atomic E-state index is 11.7. The molecule has 9 heteroatoms. The zero-order valence-corrected chi connectivity index (χ0v) is 18.1. The van der Waals surface area contributed by atoms with Crippen LogP contribution in [0.4, 0.5) is 11.5 Å². The molecule has 9 nitrogen and oxygen atoms in total. The number of H-pyrrole nitrogens is 1. The second-order valence-electron chi connectivity index (χ2n) is 7.86.